The van der Waals surface area contributed by atoms with Crippen LogP contribution in [0.4, 0.5) is 10.7 Å². The molecule has 4 heterocycles. The number of amides is 4. The molecule has 0 saturated carbocycles. The summed E-state index contributed by atoms with van der Waals surface area (Å²) in [5.74, 6) is -1.91. The van der Waals surface area contributed by atoms with E-state index in [4.69, 9.17) is 65.3 Å². The molecule has 0 bridgehead atoms. The first-order chi connectivity index (χ1) is 39.2. The van der Waals surface area contributed by atoms with E-state index in [0.717, 1.165) is 5.69 Å². The number of ether oxygens (including phenoxy) is 7. The van der Waals surface area contributed by atoms with Crippen molar-refractivity contribution in [3.8, 4) is 23.0 Å². The number of anilines is 1. The molecular weight excluding hydrogens is 1060 g/mol. The highest BCUT2D eigenvalue weighted by atomic mass is 16.6. The molecular formula is C56H73N13O13. The molecule has 0 saturated heterocycles. The van der Waals surface area contributed by atoms with Gasteiger partial charge in [0.25, 0.3) is 5.91 Å². The maximum absolute atomic E-state index is 13.9. The Bertz CT molecular complexity index is 3360. The van der Waals surface area contributed by atoms with Gasteiger partial charge >= 0.3 is 18.0 Å². The molecule has 4 amide bonds. The number of alkyl carbamates (subject to hydrolysis) is 1. The van der Waals surface area contributed by atoms with Crippen LogP contribution in [0.5, 0.6) is 11.5 Å². The highest BCUT2D eigenvalue weighted by molar-refractivity contribution is 6.47. The number of carbonyl (C=O) groups is 6. The molecule has 2 aromatic carbocycles. The van der Waals surface area contributed by atoms with Crippen LogP contribution in [0.1, 0.15) is 94.1 Å². The summed E-state index contributed by atoms with van der Waals surface area (Å²) in [5.41, 5.74) is 20.9. The molecule has 0 unspecified atom stereocenters. The average molecular weight is 1140 g/mol. The molecule has 0 aliphatic rings. The van der Waals surface area contributed by atoms with Crippen molar-refractivity contribution in [3.63, 3.8) is 0 Å². The molecule has 0 aliphatic carbocycles. The fraction of sp³-hybridized carbons (Fsp3) is 0.446. The SMILES string of the molecule is CCN=C(C=C(C)N)C(=O)Nc1nc2cc(C(N)=O)cc(OCCCOC(=O)NCCC(=O)OCC)c2n1C/C=C/Cn1c2nc(-c3cc(C)nn3CC)ncc2c2cc(C(N)=O)cc(OCCOCCOCCC(=O)OC(C)(C)C)c21. The third-order valence-electron chi connectivity index (χ3n) is 11.8. The molecule has 82 heavy (non-hydrogen) atoms. The molecule has 6 aromatic rings. The minimum atomic E-state index is -0.764. The highest BCUT2D eigenvalue weighted by Gasteiger charge is 2.24. The van der Waals surface area contributed by atoms with E-state index >= 15 is 0 Å². The monoisotopic (exact) mass is 1140 g/mol. The normalized spacial score (nSPS) is 12.1. The number of benzene rings is 2. The van der Waals surface area contributed by atoms with Gasteiger partial charge in [0, 0.05) is 72.9 Å². The topological polar surface area (TPSA) is 348 Å². The molecule has 0 spiro atoms. The standard InChI is InChI=1S/C56H73N13O13/c1-9-60-41(27-34(4)57)53(74)65-54-63-40-30-37(50(59)73)32-44(79-20-14-21-81-55(75)61-17-15-45(70)78-11-3)48(40)68(54)19-13-12-18-67-47-38(39-33-62-51(64-52(39)67)42-28-35(5)66-69(42)10-2)29-36(49(58)72)31-43(47)80-26-25-77-24-23-76-22-16-46(71)82-56(6,7)8/h12-13,27-33H,9-11,14-26,57H2,1-8H3,(H2,58,72)(H2,59,73)(H,61,75)(H,63,65,74)/b13-12+,34-27?,60-41?. The summed E-state index contributed by atoms with van der Waals surface area (Å²) in [6, 6.07) is 8.07. The number of allylic oxidation sites excluding steroid dienone is 3. The van der Waals surface area contributed by atoms with E-state index in [1.807, 2.05) is 36.6 Å². The van der Waals surface area contributed by atoms with Crippen LogP contribution < -0.4 is 37.3 Å². The minimum absolute atomic E-state index is 0.0000384. The number of carbonyl (C=O) groups excluding carboxylic acids is 6. The molecule has 0 fully saturated rings. The van der Waals surface area contributed by atoms with Gasteiger partial charge in [-0.05, 0) is 91.8 Å². The molecule has 0 radical (unpaired) electrons. The predicted octanol–water partition coefficient (Wildman–Crippen LogP) is 5.43. The van der Waals surface area contributed by atoms with Crippen molar-refractivity contribution in [2.24, 2.45) is 22.2 Å². The zero-order valence-corrected chi connectivity index (χ0v) is 47.6. The van der Waals surface area contributed by atoms with Crippen LogP contribution in [0.3, 0.4) is 0 Å². The number of imidazole rings is 1. The van der Waals surface area contributed by atoms with E-state index in [2.05, 4.69) is 20.7 Å². The van der Waals surface area contributed by atoms with E-state index in [1.165, 1.54) is 18.2 Å². The number of hydrogen-bond acceptors (Lipinski definition) is 19. The number of aryl methyl sites for hydroxylation is 2. The Labute approximate surface area is 473 Å². The van der Waals surface area contributed by atoms with Crippen LogP contribution in [-0.2, 0) is 57.7 Å². The van der Waals surface area contributed by atoms with Gasteiger partial charge < -0.3 is 64.8 Å². The van der Waals surface area contributed by atoms with Crippen LogP contribution in [0.25, 0.3) is 44.5 Å². The average Bonchev–Trinajstić information content (AvgIpc) is 2.54. The predicted molar refractivity (Wildman–Crippen MR) is 305 cm³/mol. The van der Waals surface area contributed by atoms with E-state index in [0.29, 0.717) is 57.0 Å². The number of aromatic nitrogens is 7. The summed E-state index contributed by atoms with van der Waals surface area (Å²) in [6.07, 6.45) is 6.39. The Kier molecular flexibility index (Phi) is 22.4. The van der Waals surface area contributed by atoms with Crippen LogP contribution >= 0.6 is 0 Å². The number of esters is 2. The number of fused-ring (bicyclic) bond motifs is 4. The molecule has 0 atom stereocenters. The number of aliphatic imine (C=N–C) groups is 1. The van der Waals surface area contributed by atoms with Crippen molar-refractivity contribution in [2.45, 2.75) is 99.9 Å². The molecule has 26 heteroatoms. The van der Waals surface area contributed by atoms with Crippen molar-refractivity contribution in [2.75, 3.05) is 71.3 Å². The van der Waals surface area contributed by atoms with Crippen LogP contribution in [-0.4, -0.2) is 147 Å². The summed E-state index contributed by atoms with van der Waals surface area (Å²) >= 11 is 0. The highest BCUT2D eigenvalue weighted by Crippen LogP contribution is 2.37. The fourth-order valence-electron chi connectivity index (χ4n) is 8.37. The molecule has 440 valence electrons. The van der Waals surface area contributed by atoms with Gasteiger partial charge in [0.2, 0.25) is 17.8 Å². The quantitative estimate of drug-likeness (QED) is 0.0119. The Hall–Kier alpha value is -8.91. The van der Waals surface area contributed by atoms with E-state index < -0.39 is 35.4 Å². The Morgan fingerprint density at radius 2 is 1.41 bits per heavy atom. The number of nitrogens with one attached hydrogen (secondary N) is 2. The van der Waals surface area contributed by atoms with Crippen LogP contribution in [0.2, 0.25) is 0 Å². The van der Waals surface area contributed by atoms with Gasteiger partial charge in [0.1, 0.15) is 46.3 Å². The number of nitrogens with two attached hydrogens (primary N) is 3. The van der Waals surface area contributed by atoms with Gasteiger partial charge in [0.05, 0.1) is 75.8 Å². The lowest BCUT2D eigenvalue weighted by atomic mass is 10.1. The lowest BCUT2D eigenvalue weighted by molar-refractivity contribution is -0.156. The molecule has 6 rings (SSSR count). The first kappa shape index (κ1) is 62.3. The van der Waals surface area contributed by atoms with Gasteiger partial charge in [-0.3, -0.25) is 39.0 Å². The Morgan fingerprint density at radius 3 is 2.09 bits per heavy atom. The number of primary amides is 2. The number of hydrogen-bond donors (Lipinski definition) is 5. The van der Waals surface area contributed by atoms with Crippen molar-refractivity contribution in [1.82, 2.24) is 39.2 Å². The smallest absolute Gasteiger partial charge is 0.407 e. The molecule has 0 aliphatic heterocycles. The van der Waals surface area contributed by atoms with Crippen molar-refractivity contribution >= 4 is 80.4 Å². The zero-order chi connectivity index (χ0) is 59.5. The molecule has 4 aromatic heterocycles. The number of nitrogens with zero attached hydrogens (tertiary/aromatic N) is 8. The van der Waals surface area contributed by atoms with Crippen LogP contribution in [0, 0.1) is 6.92 Å². The third-order valence-corrected chi connectivity index (χ3v) is 11.8. The third kappa shape index (κ3) is 17.3. The van der Waals surface area contributed by atoms with Crippen molar-refractivity contribution in [1.29, 1.82) is 0 Å². The largest absolute Gasteiger partial charge is 0.491 e. The second kappa shape index (κ2) is 29.5. The Balaban J connectivity index is 1.34. The van der Waals surface area contributed by atoms with Gasteiger partial charge in [-0.2, -0.15) is 5.10 Å². The second-order valence-electron chi connectivity index (χ2n) is 19.4. The molecule has 8 N–H and O–H groups in total. The van der Waals surface area contributed by atoms with Crippen molar-refractivity contribution < 1.29 is 61.9 Å². The lowest BCUT2D eigenvalue weighted by Crippen LogP contribution is -2.27. The first-order valence-electron chi connectivity index (χ1n) is 26.9. The zero-order valence-electron chi connectivity index (χ0n) is 47.6. The van der Waals surface area contributed by atoms with E-state index in [1.54, 1.807) is 69.1 Å². The number of rotatable bonds is 31. The Morgan fingerprint density at radius 1 is 0.744 bits per heavy atom. The summed E-state index contributed by atoms with van der Waals surface area (Å²) in [6.45, 7) is 16.4. The van der Waals surface area contributed by atoms with E-state index in [9.17, 15) is 28.8 Å². The maximum Gasteiger partial charge on any atom is 0.407 e. The minimum Gasteiger partial charge on any atom is -0.491 e. The van der Waals surface area contributed by atoms with Gasteiger partial charge in [-0.15, -0.1) is 0 Å². The first-order valence-corrected chi connectivity index (χ1v) is 26.9. The fourth-order valence-corrected chi connectivity index (χ4v) is 8.37. The van der Waals surface area contributed by atoms with Crippen molar-refractivity contribution in [3.05, 3.63) is 77.3 Å². The summed E-state index contributed by atoms with van der Waals surface area (Å²) in [7, 11) is 0. The van der Waals surface area contributed by atoms with Crippen LogP contribution in [0.15, 0.2) is 65.4 Å². The second-order valence-corrected chi connectivity index (χ2v) is 19.4. The summed E-state index contributed by atoms with van der Waals surface area (Å²) in [5, 5.41) is 11.2. The summed E-state index contributed by atoms with van der Waals surface area (Å²) in [4.78, 5) is 94.5. The maximum atomic E-state index is 13.9. The molecule has 26 nitrogen and oxygen atoms in total. The van der Waals surface area contributed by atoms with Gasteiger partial charge in [-0.25, -0.2) is 19.7 Å². The van der Waals surface area contributed by atoms with Gasteiger partial charge in [0.15, 0.2) is 5.82 Å². The van der Waals surface area contributed by atoms with E-state index in [-0.39, 0.29) is 138 Å². The lowest BCUT2D eigenvalue weighted by Gasteiger charge is -2.19. The van der Waals surface area contributed by atoms with Gasteiger partial charge in [-0.1, -0.05) is 12.2 Å². The summed E-state index contributed by atoms with van der Waals surface area (Å²) < 4.78 is 44.9.